The van der Waals surface area contributed by atoms with Gasteiger partial charge < -0.3 is 19.3 Å². The van der Waals surface area contributed by atoms with Crippen LogP contribution in [-0.4, -0.2) is 25.3 Å². The van der Waals surface area contributed by atoms with E-state index in [1.165, 1.54) is 6.07 Å². The molecule has 2 aliphatic rings. The highest BCUT2D eigenvalue weighted by atomic mass is 19.1. The van der Waals surface area contributed by atoms with Crippen LogP contribution < -0.4 is 9.47 Å². The van der Waals surface area contributed by atoms with E-state index >= 15 is 8.78 Å². The molecule has 0 aromatic heterocycles. The summed E-state index contributed by atoms with van der Waals surface area (Å²) in [6.45, 7) is 4.25. The first-order valence-electron chi connectivity index (χ1n) is 13.7. The third-order valence-electron chi connectivity index (χ3n) is 8.79. The molecule has 0 saturated heterocycles. The van der Waals surface area contributed by atoms with Crippen LogP contribution in [0.15, 0.2) is 54.6 Å². The van der Waals surface area contributed by atoms with Gasteiger partial charge in [-0.3, -0.25) is 4.79 Å². The lowest BCUT2D eigenvalue weighted by atomic mass is 9.81. The second-order valence-corrected chi connectivity index (χ2v) is 11.8. The normalized spacial score (nSPS) is 18.1. The maximum atomic E-state index is 15.7. The molecule has 2 atom stereocenters. The van der Waals surface area contributed by atoms with E-state index in [-0.39, 0.29) is 41.5 Å². The van der Waals surface area contributed by atoms with E-state index < -0.39 is 17.7 Å². The lowest BCUT2D eigenvalue weighted by Crippen LogP contribution is -2.17. The average Bonchev–Trinajstić information content (AvgIpc) is 3.86. The van der Waals surface area contributed by atoms with Crippen LogP contribution in [0.3, 0.4) is 0 Å². The molecule has 0 bridgehead atoms. The molecular formula is C33H36F2O5. The first-order chi connectivity index (χ1) is 19.1. The lowest BCUT2D eigenvalue weighted by molar-refractivity contribution is -0.137. The van der Waals surface area contributed by atoms with Crippen LogP contribution in [-0.2, 0) is 16.1 Å². The molecular weight excluding hydrogens is 514 g/mol. The van der Waals surface area contributed by atoms with Gasteiger partial charge in [-0.15, -0.1) is 0 Å². The highest BCUT2D eigenvalue weighted by Crippen LogP contribution is 2.58. The highest BCUT2D eigenvalue weighted by molar-refractivity contribution is 5.71. The number of carboxylic acids is 1. The largest absolute Gasteiger partial charge is 0.497 e. The predicted octanol–water partition coefficient (Wildman–Crippen LogP) is 8.07. The quantitative estimate of drug-likeness (QED) is 0.247. The first kappa shape index (κ1) is 28.1. The number of benzene rings is 3. The van der Waals surface area contributed by atoms with Crippen LogP contribution in [0.1, 0.15) is 74.7 Å². The molecule has 0 radical (unpaired) electrons. The molecule has 7 heteroatoms. The van der Waals surface area contributed by atoms with Crippen LogP contribution >= 0.6 is 0 Å². The molecule has 0 spiro atoms. The van der Waals surface area contributed by atoms with Crippen molar-refractivity contribution in [3.05, 3.63) is 82.9 Å². The molecule has 0 unspecified atom stereocenters. The van der Waals surface area contributed by atoms with Crippen molar-refractivity contribution in [3.8, 4) is 22.6 Å². The number of ether oxygens (including phenoxy) is 3. The second kappa shape index (κ2) is 10.8. The lowest BCUT2D eigenvalue weighted by Gasteiger charge is -2.26. The number of carbonyl (C=O) groups is 1. The first-order valence-corrected chi connectivity index (χ1v) is 13.7. The van der Waals surface area contributed by atoms with E-state index in [1.54, 1.807) is 44.6 Å². The SMILES string of the molecule is COc1ccc(F)c(-c2ccc(COc3cccc([C@H](CC(=O)O)C4(C)CC4)c3F)cc2[C@H](OC)C2(C)CC2)c1. The van der Waals surface area contributed by atoms with Gasteiger partial charge in [0.1, 0.15) is 18.2 Å². The van der Waals surface area contributed by atoms with Crippen molar-refractivity contribution >= 4 is 5.97 Å². The van der Waals surface area contributed by atoms with Gasteiger partial charge in [0.25, 0.3) is 0 Å². The van der Waals surface area contributed by atoms with Crippen molar-refractivity contribution in [2.24, 2.45) is 10.8 Å². The number of hydrogen-bond donors (Lipinski definition) is 1. The molecule has 0 heterocycles. The average molecular weight is 551 g/mol. The van der Waals surface area contributed by atoms with Gasteiger partial charge in [0.05, 0.1) is 19.6 Å². The Morgan fingerprint density at radius 2 is 1.65 bits per heavy atom. The van der Waals surface area contributed by atoms with E-state index in [9.17, 15) is 9.90 Å². The Kier molecular flexibility index (Phi) is 7.62. The van der Waals surface area contributed by atoms with Crippen molar-refractivity contribution in [1.82, 2.24) is 0 Å². The Morgan fingerprint density at radius 3 is 2.27 bits per heavy atom. The molecule has 5 rings (SSSR count). The minimum absolute atomic E-state index is 0.0587. The summed E-state index contributed by atoms with van der Waals surface area (Å²) in [5.41, 5.74) is 2.86. The molecule has 0 amide bonds. The molecule has 2 fully saturated rings. The molecule has 40 heavy (non-hydrogen) atoms. The molecule has 3 aromatic carbocycles. The molecule has 5 nitrogen and oxygen atoms in total. The van der Waals surface area contributed by atoms with E-state index in [0.717, 1.165) is 36.8 Å². The summed E-state index contributed by atoms with van der Waals surface area (Å²) in [6.07, 6.45) is 3.36. The van der Waals surface area contributed by atoms with Gasteiger partial charge in [0, 0.05) is 18.6 Å². The van der Waals surface area contributed by atoms with Crippen molar-refractivity contribution < 1.29 is 32.9 Å². The van der Waals surface area contributed by atoms with E-state index in [0.29, 0.717) is 22.4 Å². The van der Waals surface area contributed by atoms with E-state index in [4.69, 9.17) is 14.2 Å². The van der Waals surface area contributed by atoms with Gasteiger partial charge in [-0.25, -0.2) is 8.78 Å². The van der Waals surface area contributed by atoms with Crippen LogP contribution in [0.5, 0.6) is 11.5 Å². The molecule has 3 aromatic rings. The Hall–Kier alpha value is -3.45. The van der Waals surface area contributed by atoms with Gasteiger partial charge in [-0.05, 0) is 89.1 Å². The van der Waals surface area contributed by atoms with Crippen LogP contribution in [0.25, 0.3) is 11.1 Å². The Bertz CT molecular complexity index is 1410. The number of rotatable bonds is 12. The Labute approximate surface area is 234 Å². The number of methoxy groups -OCH3 is 2. The predicted molar refractivity (Wildman–Crippen MR) is 149 cm³/mol. The Morgan fingerprint density at radius 1 is 0.925 bits per heavy atom. The minimum atomic E-state index is -0.944. The molecule has 2 aliphatic carbocycles. The minimum Gasteiger partial charge on any atom is -0.497 e. The van der Waals surface area contributed by atoms with Gasteiger partial charge >= 0.3 is 5.97 Å². The number of hydrogen-bond acceptors (Lipinski definition) is 4. The van der Waals surface area contributed by atoms with Gasteiger partial charge in [0.2, 0.25) is 0 Å². The van der Waals surface area contributed by atoms with Crippen LogP contribution in [0, 0.1) is 22.5 Å². The van der Waals surface area contributed by atoms with Crippen LogP contribution in [0.4, 0.5) is 8.78 Å². The smallest absolute Gasteiger partial charge is 0.303 e. The third-order valence-corrected chi connectivity index (χ3v) is 8.79. The van der Waals surface area contributed by atoms with E-state index in [2.05, 4.69) is 6.92 Å². The highest BCUT2D eigenvalue weighted by Gasteiger charge is 2.48. The van der Waals surface area contributed by atoms with Crippen molar-refractivity contribution in [1.29, 1.82) is 0 Å². The van der Waals surface area contributed by atoms with E-state index in [1.807, 2.05) is 25.1 Å². The number of aliphatic carboxylic acids is 1. The molecule has 1 N–H and O–H groups in total. The van der Waals surface area contributed by atoms with Crippen LogP contribution in [0.2, 0.25) is 0 Å². The van der Waals surface area contributed by atoms with Gasteiger partial charge in [0.15, 0.2) is 11.6 Å². The zero-order valence-electron chi connectivity index (χ0n) is 23.4. The summed E-state index contributed by atoms with van der Waals surface area (Å²) in [5.74, 6) is -1.60. The summed E-state index contributed by atoms with van der Waals surface area (Å²) in [7, 11) is 3.21. The van der Waals surface area contributed by atoms with Crippen molar-refractivity contribution in [2.75, 3.05) is 14.2 Å². The number of carboxylic acid groups (broad SMARTS) is 1. The summed E-state index contributed by atoms with van der Waals surface area (Å²) in [4.78, 5) is 11.5. The summed E-state index contributed by atoms with van der Waals surface area (Å²) in [5, 5.41) is 9.46. The maximum Gasteiger partial charge on any atom is 0.303 e. The molecule has 2 saturated carbocycles. The van der Waals surface area contributed by atoms with Crippen molar-refractivity contribution in [3.63, 3.8) is 0 Å². The fourth-order valence-corrected chi connectivity index (χ4v) is 5.77. The zero-order valence-corrected chi connectivity index (χ0v) is 23.4. The standard InChI is InChI=1S/C33H36F2O5/c1-32(12-13-32)26(18-29(36)37)23-6-5-7-28(30(23)35)40-19-20-8-10-22(24-17-21(38-3)9-11-27(24)34)25(16-20)31(39-4)33(2)14-15-33/h5-11,16-17,26,31H,12-15,18-19H2,1-4H3,(H,36,37)/t26-,31-/m0/s1. The number of halogens is 2. The summed E-state index contributed by atoms with van der Waals surface area (Å²) >= 11 is 0. The summed E-state index contributed by atoms with van der Waals surface area (Å²) in [6, 6.07) is 15.3. The van der Waals surface area contributed by atoms with Gasteiger partial charge in [-0.2, -0.15) is 0 Å². The fraction of sp³-hybridized carbons (Fsp3) is 0.424. The Balaban J connectivity index is 1.46. The molecule has 212 valence electrons. The topological polar surface area (TPSA) is 65.0 Å². The zero-order chi connectivity index (χ0) is 28.7. The second-order valence-electron chi connectivity index (χ2n) is 11.8. The molecule has 0 aliphatic heterocycles. The monoisotopic (exact) mass is 550 g/mol. The van der Waals surface area contributed by atoms with Gasteiger partial charge in [-0.1, -0.05) is 38.1 Å². The van der Waals surface area contributed by atoms with Crippen molar-refractivity contribution in [2.45, 2.75) is 64.6 Å². The summed E-state index contributed by atoms with van der Waals surface area (Å²) < 4.78 is 48.0. The fourth-order valence-electron chi connectivity index (χ4n) is 5.77. The third kappa shape index (κ3) is 5.57. The maximum absolute atomic E-state index is 15.7.